The predicted molar refractivity (Wildman–Crippen MR) is 197 cm³/mol. The van der Waals surface area contributed by atoms with Gasteiger partial charge in [0.25, 0.3) is 0 Å². The number of aromatic nitrogens is 2. The summed E-state index contributed by atoms with van der Waals surface area (Å²) in [5.41, 5.74) is 14.4. The summed E-state index contributed by atoms with van der Waals surface area (Å²) in [4.78, 5) is 13.1. The Balaban J connectivity index is 0.914. The van der Waals surface area contributed by atoms with Crippen molar-refractivity contribution in [1.29, 1.82) is 0 Å². The third-order valence-corrected chi connectivity index (χ3v) is 11.0. The first kappa shape index (κ1) is 30.2. The number of benzene rings is 4. The van der Waals surface area contributed by atoms with Gasteiger partial charge in [-0.05, 0) is 97.1 Å². The highest BCUT2D eigenvalue weighted by atomic mass is 15.1. The van der Waals surface area contributed by atoms with Crippen LogP contribution in [0.25, 0.3) is 21.8 Å². The summed E-state index contributed by atoms with van der Waals surface area (Å²) in [7, 11) is 0. The molecule has 0 fully saturated rings. The topological polar surface area (TPSA) is 38.1 Å². The Labute approximate surface area is 279 Å². The fraction of sp³-hybridized carbons (Fsp3) is 0.349. The van der Waals surface area contributed by atoms with Crippen LogP contribution in [-0.4, -0.2) is 59.0 Å². The van der Waals surface area contributed by atoms with Gasteiger partial charge >= 0.3 is 0 Å². The molecule has 6 aromatic rings. The first-order valence-electron chi connectivity index (χ1n) is 18.0. The molecule has 8 rings (SSSR count). The third-order valence-electron chi connectivity index (χ3n) is 11.0. The molecular formula is C43H48N4. The van der Waals surface area contributed by atoms with Crippen molar-refractivity contribution in [3.8, 4) is 0 Å². The molecule has 0 radical (unpaired) electrons. The number of aromatic amines is 2. The molecule has 240 valence electrons. The van der Waals surface area contributed by atoms with E-state index in [-0.39, 0.29) is 0 Å². The molecule has 47 heavy (non-hydrogen) atoms. The Morgan fingerprint density at radius 3 is 1.32 bits per heavy atom. The monoisotopic (exact) mass is 620 g/mol. The van der Waals surface area contributed by atoms with E-state index < -0.39 is 0 Å². The number of nitrogens with one attached hydrogen (secondary N) is 2. The highest BCUT2D eigenvalue weighted by molar-refractivity contribution is 5.85. The molecule has 0 spiro atoms. The molecular weight excluding hydrogens is 573 g/mol. The van der Waals surface area contributed by atoms with E-state index in [0.29, 0.717) is 0 Å². The maximum atomic E-state index is 3.79. The largest absolute Gasteiger partial charge is 0.358 e. The fourth-order valence-corrected chi connectivity index (χ4v) is 8.33. The smallest absolute Gasteiger partial charge is 0.0459 e. The number of unbranched alkanes of at least 4 members (excludes halogenated alkanes) is 2. The van der Waals surface area contributed by atoms with Crippen molar-refractivity contribution in [3.05, 3.63) is 142 Å². The van der Waals surface area contributed by atoms with Gasteiger partial charge in [0, 0.05) is 72.2 Å². The maximum absolute atomic E-state index is 3.79. The molecule has 2 aromatic heterocycles. The number of nitrogens with zero attached hydrogens (tertiary/aromatic N) is 2. The predicted octanol–water partition coefficient (Wildman–Crippen LogP) is 8.50. The number of hydrogen-bond acceptors (Lipinski definition) is 2. The lowest BCUT2D eigenvalue weighted by molar-refractivity contribution is 0.255. The van der Waals surface area contributed by atoms with Crippen molar-refractivity contribution in [2.45, 2.75) is 57.8 Å². The number of fused-ring (bicyclic) bond motifs is 8. The standard InChI is InChI=1S/C43H48N4/c1(10-24-46-26-20-32-12-2-4-14-34(32)30-42-38(22-28-46)36-16-6-8-18-40(36)44-42)11-25-47-27-21-33-13-3-5-15-35(33)31-43-39(23-29-47)37-17-7-9-19-41(37)45-43/h2-9,12-19,44-45H,1,10-11,20-31H2. The van der Waals surface area contributed by atoms with E-state index in [1.807, 2.05) is 0 Å². The van der Waals surface area contributed by atoms with Gasteiger partial charge in [0.15, 0.2) is 0 Å². The van der Waals surface area contributed by atoms with Gasteiger partial charge in [-0.15, -0.1) is 0 Å². The Hall–Kier alpha value is -4.12. The van der Waals surface area contributed by atoms with Gasteiger partial charge in [0.2, 0.25) is 0 Å². The van der Waals surface area contributed by atoms with Crippen LogP contribution < -0.4 is 0 Å². The summed E-state index contributed by atoms with van der Waals surface area (Å²) in [6.07, 6.45) is 10.3. The van der Waals surface area contributed by atoms with E-state index in [1.54, 1.807) is 0 Å². The molecule has 0 atom stereocenters. The maximum Gasteiger partial charge on any atom is 0.0459 e. The van der Waals surface area contributed by atoms with E-state index in [9.17, 15) is 0 Å². The molecule has 2 aliphatic rings. The van der Waals surface area contributed by atoms with Crippen molar-refractivity contribution in [2.75, 3.05) is 39.3 Å². The normalized spacial score (nSPS) is 16.3. The van der Waals surface area contributed by atoms with Gasteiger partial charge in [-0.3, -0.25) is 0 Å². The first-order valence-corrected chi connectivity index (χ1v) is 18.0. The van der Waals surface area contributed by atoms with E-state index >= 15 is 0 Å². The second-order valence-electron chi connectivity index (χ2n) is 13.9. The Bertz CT molecular complexity index is 1820. The zero-order chi connectivity index (χ0) is 31.4. The average molecular weight is 621 g/mol. The second kappa shape index (κ2) is 13.9. The Morgan fingerprint density at radius 2 is 0.830 bits per heavy atom. The van der Waals surface area contributed by atoms with Crippen LogP contribution in [-0.2, 0) is 38.5 Å². The van der Waals surface area contributed by atoms with Crippen LogP contribution in [0.1, 0.15) is 64.0 Å². The van der Waals surface area contributed by atoms with Crippen molar-refractivity contribution in [1.82, 2.24) is 19.8 Å². The van der Waals surface area contributed by atoms with Crippen LogP contribution in [0.2, 0.25) is 0 Å². The van der Waals surface area contributed by atoms with E-state index in [4.69, 9.17) is 0 Å². The van der Waals surface area contributed by atoms with Crippen molar-refractivity contribution in [2.24, 2.45) is 0 Å². The van der Waals surface area contributed by atoms with Gasteiger partial charge in [0.05, 0.1) is 0 Å². The number of rotatable bonds is 6. The third kappa shape index (κ3) is 6.68. The molecule has 0 unspecified atom stereocenters. The fourth-order valence-electron chi connectivity index (χ4n) is 8.33. The van der Waals surface area contributed by atoms with Crippen LogP contribution in [0.5, 0.6) is 0 Å². The lowest BCUT2D eigenvalue weighted by Crippen LogP contribution is -2.31. The van der Waals surface area contributed by atoms with E-state index in [0.717, 1.165) is 64.7 Å². The summed E-state index contributed by atoms with van der Waals surface area (Å²) in [6, 6.07) is 36.0. The van der Waals surface area contributed by atoms with Crippen molar-refractivity contribution in [3.63, 3.8) is 0 Å². The zero-order valence-corrected chi connectivity index (χ0v) is 27.7. The molecule has 4 aromatic carbocycles. The summed E-state index contributed by atoms with van der Waals surface area (Å²) in [5, 5.41) is 2.81. The zero-order valence-electron chi connectivity index (χ0n) is 27.7. The molecule has 0 saturated heterocycles. The molecule has 4 nitrogen and oxygen atoms in total. The lowest BCUT2D eigenvalue weighted by atomic mass is 9.96. The minimum absolute atomic E-state index is 1.00. The van der Waals surface area contributed by atoms with Crippen LogP contribution in [0.4, 0.5) is 0 Å². The molecule has 0 aliphatic carbocycles. The van der Waals surface area contributed by atoms with Crippen molar-refractivity contribution < 1.29 is 0 Å². The van der Waals surface area contributed by atoms with E-state index in [1.165, 1.54) is 98.9 Å². The lowest BCUT2D eigenvalue weighted by Gasteiger charge is -2.26. The molecule has 0 amide bonds. The molecule has 4 heterocycles. The van der Waals surface area contributed by atoms with Crippen LogP contribution in [0, 0.1) is 0 Å². The van der Waals surface area contributed by atoms with Crippen LogP contribution in [0.3, 0.4) is 0 Å². The molecule has 0 saturated carbocycles. The molecule has 4 heteroatoms. The van der Waals surface area contributed by atoms with Crippen LogP contribution >= 0.6 is 0 Å². The average Bonchev–Trinajstić information content (AvgIpc) is 3.64. The van der Waals surface area contributed by atoms with E-state index in [2.05, 4.69) is 117 Å². The molecule has 2 aliphatic heterocycles. The first-order chi connectivity index (χ1) is 23.3. The Morgan fingerprint density at radius 1 is 0.426 bits per heavy atom. The van der Waals surface area contributed by atoms with Crippen molar-refractivity contribution >= 4 is 21.8 Å². The molecule has 2 N–H and O–H groups in total. The number of para-hydroxylation sites is 2. The van der Waals surface area contributed by atoms with Gasteiger partial charge in [-0.25, -0.2) is 0 Å². The van der Waals surface area contributed by atoms with Gasteiger partial charge < -0.3 is 19.8 Å². The number of hydrogen-bond donors (Lipinski definition) is 2. The summed E-state index contributed by atoms with van der Waals surface area (Å²) in [6.45, 7) is 6.93. The summed E-state index contributed by atoms with van der Waals surface area (Å²) >= 11 is 0. The second-order valence-corrected chi connectivity index (χ2v) is 13.9. The highest BCUT2D eigenvalue weighted by Gasteiger charge is 2.19. The van der Waals surface area contributed by atoms with Crippen LogP contribution in [0.15, 0.2) is 97.1 Å². The number of H-pyrrole nitrogens is 2. The van der Waals surface area contributed by atoms with Gasteiger partial charge in [0.1, 0.15) is 0 Å². The summed E-state index contributed by atoms with van der Waals surface area (Å²) < 4.78 is 0. The van der Waals surface area contributed by atoms with Gasteiger partial charge in [-0.1, -0.05) is 91.3 Å². The molecule has 0 bridgehead atoms. The quantitative estimate of drug-likeness (QED) is 0.183. The van der Waals surface area contributed by atoms with Gasteiger partial charge in [-0.2, -0.15) is 0 Å². The minimum atomic E-state index is 1.00. The highest BCUT2D eigenvalue weighted by Crippen LogP contribution is 2.29. The minimum Gasteiger partial charge on any atom is -0.358 e. The Kier molecular flexibility index (Phi) is 8.96. The SMILES string of the molecule is c1ccc2c(c1)CCN(CCCCCN1CCc3ccccc3Cc3[nH]c4ccccc4c3CC1)CCc1c([nH]c3ccccc13)C2. The summed E-state index contributed by atoms with van der Waals surface area (Å²) in [5.74, 6) is 0.